The number of likely N-dealkylation sites (N-methyl/N-ethyl adjacent to an activating group) is 1. The zero-order valence-electron chi connectivity index (χ0n) is 26.8. The second kappa shape index (κ2) is 15.9. The summed E-state index contributed by atoms with van der Waals surface area (Å²) in [5, 5.41) is 13.9. The number of aliphatic carboxylic acids is 1. The number of amides is 1. The standard InChI is InChI=1S/C34H35Cl2N3O9S/c1-21(2)31(38-49(45,46)20-22-11-6-4-7-12-22)26-18-34(48-37-26,23-13-8-5-9-14-23)33(44)39(3)27(17-29(41)42)28(40)19-47-32(43)30-24(35)15-10-16-25(30)36/h4-16,21,27,31,38H,17-20H2,1-3H3,(H,41,42)/t27-,31-,34?/m0/s1. The Bertz CT molecular complexity index is 1820. The van der Waals surface area contributed by atoms with E-state index in [2.05, 4.69) is 9.88 Å². The van der Waals surface area contributed by atoms with E-state index in [0.29, 0.717) is 11.1 Å². The molecule has 1 heterocycles. The molecule has 12 nitrogen and oxygen atoms in total. The fraction of sp³-hybridized carbons (Fsp3) is 0.324. The predicted octanol–water partition coefficient (Wildman–Crippen LogP) is 4.84. The van der Waals surface area contributed by atoms with Gasteiger partial charge in [0.15, 0.2) is 12.4 Å². The van der Waals surface area contributed by atoms with Crippen molar-refractivity contribution in [3.8, 4) is 0 Å². The van der Waals surface area contributed by atoms with Gasteiger partial charge >= 0.3 is 11.9 Å². The molecular weight excluding hydrogens is 697 g/mol. The third-order valence-electron chi connectivity index (χ3n) is 7.91. The van der Waals surface area contributed by atoms with Crippen LogP contribution in [0.1, 0.15) is 48.2 Å². The van der Waals surface area contributed by atoms with Crippen LogP contribution in [-0.2, 0) is 45.3 Å². The van der Waals surface area contributed by atoms with Gasteiger partial charge in [0.05, 0.1) is 39.5 Å². The highest BCUT2D eigenvalue weighted by atomic mass is 35.5. The molecule has 15 heteroatoms. The van der Waals surface area contributed by atoms with E-state index in [1.54, 1.807) is 74.5 Å². The third-order valence-corrected chi connectivity index (χ3v) is 9.86. The minimum atomic E-state index is -3.88. The molecule has 3 aromatic rings. The zero-order chi connectivity index (χ0) is 35.9. The molecule has 0 bridgehead atoms. The van der Waals surface area contributed by atoms with Gasteiger partial charge in [-0.3, -0.25) is 14.4 Å². The summed E-state index contributed by atoms with van der Waals surface area (Å²) in [4.78, 5) is 59.2. The molecule has 4 rings (SSSR count). The number of carboxylic acid groups (broad SMARTS) is 1. The first-order chi connectivity index (χ1) is 23.1. The number of Topliss-reactive ketones (excluding diaryl/α,β-unsaturated/α-hetero) is 1. The van der Waals surface area contributed by atoms with Crippen molar-refractivity contribution in [2.45, 2.75) is 50.1 Å². The molecule has 3 aromatic carbocycles. The number of benzene rings is 3. The highest BCUT2D eigenvalue weighted by Gasteiger charge is 2.53. The molecule has 1 aliphatic heterocycles. The topological polar surface area (TPSA) is 169 Å². The van der Waals surface area contributed by atoms with E-state index in [1.807, 2.05) is 0 Å². The molecule has 1 unspecified atom stereocenters. The Kier molecular flexibility index (Phi) is 12.2. The number of ether oxygens (including phenoxy) is 1. The number of oxime groups is 1. The molecule has 1 amide bonds. The van der Waals surface area contributed by atoms with Crippen LogP contribution in [-0.4, -0.2) is 73.5 Å². The normalized spacial score (nSPS) is 17.1. The number of carbonyl (C=O) groups is 4. The molecule has 0 saturated heterocycles. The lowest BCUT2D eigenvalue weighted by Gasteiger charge is -2.34. The summed E-state index contributed by atoms with van der Waals surface area (Å²) in [5.41, 5.74) is -0.927. The zero-order valence-corrected chi connectivity index (χ0v) is 29.2. The van der Waals surface area contributed by atoms with Gasteiger partial charge in [-0.15, -0.1) is 0 Å². The highest BCUT2D eigenvalue weighted by molar-refractivity contribution is 7.88. The molecule has 2 N–H and O–H groups in total. The first kappa shape index (κ1) is 37.5. The number of nitrogens with zero attached hydrogens (tertiary/aromatic N) is 2. The maximum absolute atomic E-state index is 14.4. The summed E-state index contributed by atoms with van der Waals surface area (Å²) < 4.78 is 34.3. The molecular formula is C34H35Cl2N3O9S. The summed E-state index contributed by atoms with van der Waals surface area (Å²) in [6.45, 7) is 2.68. The van der Waals surface area contributed by atoms with Gasteiger partial charge in [0.1, 0.15) is 6.04 Å². The van der Waals surface area contributed by atoms with Crippen molar-refractivity contribution >= 4 is 62.6 Å². The number of esters is 1. The van der Waals surface area contributed by atoms with Gasteiger partial charge in [0.2, 0.25) is 15.6 Å². The van der Waals surface area contributed by atoms with Crippen LogP contribution in [0, 0.1) is 5.92 Å². The van der Waals surface area contributed by atoms with Crippen molar-refractivity contribution < 1.29 is 42.3 Å². The Hall–Kier alpha value is -4.30. The van der Waals surface area contributed by atoms with E-state index >= 15 is 0 Å². The van der Waals surface area contributed by atoms with Crippen LogP contribution in [0.3, 0.4) is 0 Å². The van der Waals surface area contributed by atoms with Crippen LogP contribution in [0.15, 0.2) is 84.0 Å². The van der Waals surface area contributed by atoms with E-state index in [4.69, 9.17) is 32.8 Å². The monoisotopic (exact) mass is 731 g/mol. The van der Waals surface area contributed by atoms with E-state index in [0.717, 1.165) is 4.90 Å². The Morgan fingerprint density at radius 3 is 2.14 bits per heavy atom. The van der Waals surface area contributed by atoms with E-state index in [9.17, 15) is 32.7 Å². The summed E-state index contributed by atoms with van der Waals surface area (Å²) in [7, 11) is -2.65. The highest BCUT2D eigenvalue weighted by Crippen LogP contribution is 2.39. The van der Waals surface area contributed by atoms with Gasteiger partial charge in [0.25, 0.3) is 5.91 Å². The number of nitrogens with one attached hydrogen (secondary N) is 1. The minimum absolute atomic E-state index is 0.0135. The molecule has 260 valence electrons. The first-order valence-electron chi connectivity index (χ1n) is 15.1. The maximum Gasteiger partial charge on any atom is 0.341 e. The fourth-order valence-corrected chi connectivity index (χ4v) is 7.46. The van der Waals surface area contributed by atoms with Crippen molar-refractivity contribution in [1.29, 1.82) is 0 Å². The second-order valence-electron chi connectivity index (χ2n) is 11.8. The summed E-state index contributed by atoms with van der Waals surface area (Å²) in [6, 6.07) is 18.7. The van der Waals surface area contributed by atoms with Gasteiger partial charge in [-0.1, -0.05) is 109 Å². The van der Waals surface area contributed by atoms with Crippen LogP contribution >= 0.6 is 23.2 Å². The van der Waals surface area contributed by atoms with Crippen LogP contribution in [0.4, 0.5) is 0 Å². The van der Waals surface area contributed by atoms with Gasteiger partial charge in [0, 0.05) is 19.0 Å². The van der Waals surface area contributed by atoms with Gasteiger partial charge < -0.3 is 19.6 Å². The number of sulfonamides is 1. The molecule has 3 atom stereocenters. The third kappa shape index (κ3) is 9.04. The number of carbonyl (C=O) groups excluding carboxylic acids is 3. The Morgan fingerprint density at radius 1 is 0.980 bits per heavy atom. The number of rotatable bonds is 15. The van der Waals surface area contributed by atoms with Gasteiger partial charge in [-0.2, -0.15) is 0 Å². The van der Waals surface area contributed by atoms with Crippen LogP contribution in [0.5, 0.6) is 0 Å². The lowest BCUT2D eigenvalue weighted by molar-refractivity contribution is -0.161. The molecule has 0 fully saturated rings. The lowest BCUT2D eigenvalue weighted by atomic mass is 9.84. The van der Waals surface area contributed by atoms with E-state index in [-0.39, 0.29) is 39.4 Å². The van der Waals surface area contributed by atoms with Crippen molar-refractivity contribution in [3.05, 3.63) is 106 Å². The van der Waals surface area contributed by atoms with Crippen molar-refractivity contribution in [2.24, 2.45) is 11.1 Å². The average Bonchev–Trinajstić information content (AvgIpc) is 3.51. The summed E-state index contributed by atoms with van der Waals surface area (Å²) in [6.07, 6.45) is -1.04. The largest absolute Gasteiger partial charge is 0.481 e. The SMILES string of the molecule is CC(C)[C@H](NS(=O)(=O)Cc1ccccc1)C1=NOC(C(=O)N(C)[C@@H](CC(=O)O)C(=O)COC(=O)c2c(Cl)cccc2Cl)(c2ccccc2)C1. The Balaban J connectivity index is 1.60. The quantitative estimate of drug-likeness (QED) is 0.208. The fourth-order valence-electron chi connectivity index (χ4n) is 5.40. The molecule has 0 saturated carbocycles. The van der Waals surface area contributed by atoms with Crippen LogP contribution < -0.4 is 4.72 Å². The molecule has 0 radical (unpaired) electrons. The van der Waals surface area contributed by atoms with Crippen molar-refractivity contribution in [2.75, 3.05) is 13.7 Å². The molecule has 0 aliphatic carbocycles. The Morgan fingerprint density at radius 2 is 1.57 bits per heavy atom. The molecule has 49 heavy (non-hydrogen) atoms. The first-order valence-corrected chi connectivity index (χ1v) is 17.5. The second-order valence-corrected chi connectivity index (χ2v) is 14.4. The summed E-state index contributed by atoms with van der Waals surface area (Å²) >= 11 is 12.1. The minimum Gasteiger partial charge on any atom is -0.481 e. The Labute approximate surface area is 294 Å². The van der Waals surface area contributed by atoms with E-state index < -0.39 is 64.4 Å². The van der Waals surface area contributed by atoms with Crippen molar-refractivity contribution in [3.63, 3.8) is 0 Å². The van der Waals surface area contributed by atoms with Gasteiger partial charge in [-0.05, 0) is 23.6 Å². The van der Waals surface area contributed by atoms with Gasteiger partial charge in [-0.25, -0.2) is 17.9 Å². The van der Waals surface area contributed by atoms with Crippen LogP contribution in [0.2, 0.25) is 10.0 Å². The number of carboxylic acids is 1. The van der Waals surface area contributed by atoms with Crippen molar-refractivity contribution in [1.82, 2.24) is 9.62 Å². The van der Waals surface area contributed by atoms with E-state index in [1.165, 1.54) is 25.2 Å². The number of ketones is 1. The smallest absolute Gasteiger partial charge is 0.341 e. The molecule has 0 spiro atoms. The summed E-state index contributed by atoms with van der Waals surface area (Å²) in [5.74, 6) is -4.75. The predicted molar refractivity (Wildman–Crippen MR) is 183 cm³/mol. The lowest BCUT2D eigenvalue weighted by Crippen LogP contribution is -2.54. The molecule has 1 aliphatic rings. The average molecular weight is 733 g/mol. The number of hydrogen-bond donors (Lipinski definition) is 2. The maximum atomic E-state index is 14.4. The number of hydrogen-bond acceptors (Lipinski definition) is 9. The number of halogens is 2. The van der Waals surface area contributed by atoms with Crippen LogP contribution in [0.25, 0.3) is 0 Å². The molecule has 0 aromatic heterocycles.